The third-order valence-corrected chi connectivity index (χ3v) is 14.9. The summed E-state index contributed by atoms with van der Waals surface area (Å²) < 4.78 is 11.0. The van der Waals surface area contributed by atoms with E-state index >= 15 is 0 Å². The van der Waals surface area contributed by atoms with Gasteiger partial charge in [0.15, 0.2) is 0 Å². The molecular formula is C22H22BrO3P. The molecule has 27 heavy (non-hydrogen) atoms. The molecule has 3 nitrogen and oxygen atoms in total. The van der Waals surface area contributed by atoms with E-state index in [9.17, 15) is 4.79 Å². The molecule has 0 heterocycles. The third kappa shape index (κ3) is 3.02. The molecule has 0 N–H and O–H groups in total. The number of ether oxygens (including phenoxy) is 2. The Bertz CT molecular complexity index is 801. The number of halogens is 1. The zero-order valence-corrected chi connectivity index (χ0v) is 17.8. The summed E-state index contributed by atoms with van der Waals surface area (Å²) in [5.41, 5.74) is 0. The van der Waals surface area contributed by atoms with Gasteiger partial charge in [0.1, 0.15) is 0 Å². The predicted octanol–water partition coefficient (Wildman–Crippen LogP) is 3.97. The topological polar surface area (TPSA) is 35.5 Å². The van der Waals surface area contributed by atoms with Crippen molar-refractivity contribution in [3.8, 4) is 0 Å². The molecule has 0 aliphatic carbocycles. The van der Waals surface area contributed by atoms with Crippen LogP contribution in [0.3, 0.4) is 0 Å². The molecule has 0 aromatic heterocycles. The number of hydrogen-bond acceptors (Lipinski definition) is 3. The van der Waals surface area contributed by atoms with Crippen molar-refractivity contribution in [3.05, 3.63) is 91.0 Å². The Hall–Kier alpha value is -2.00. The normalized spacial score (nSPS) is 14.0. The van der Waals surface area contributed by atoms with Crippen molar-refractivity contribution in [1.29, 1.82) is 0 Å². The number of rotatable bonds is 6. The first-order valence-corrected chi connectivity index (χ1v) is 12.9. The molecule has 0 saturated heterocycles. The van der Waals surface area contributed by atoms with Gasteiger partial charge in [-0.3, -0.25) is 0 Å². The van der Waals surface area contributed by atoms with Gasteiger partial charge in [0.25, 0.3) is 0 Å². The van der Waals surface area contributed by atoms with Crippen LogP contribution in [0.2, 0.25) is 0 Å². The molecule has 3 aromatic rings. The average Bonchev–Trinajstić information content (AvgIpc) is 2.75. The zero-order chi connectivity index (χ0) is 19.4. The SMILES string of the molecule is COC(=O)C(OC)P(Br)(c1ccccc1)(c1ccccc1)c1ccccc1. The van der Waals surface area contributed by atoms with E-state index in [-0.39, 0.29) is 0 Å². The first kappa shape index (κ1) is 19.8. The maximum absolute atomic E-state index is 13.0. The fourth-order valence-corrected chi connectivity index (χ4v) is 11.6. The summed E-state index contributed by atoms with van der Waals surface area (Å²) in [5.74, 6) is -1.25. The molecular weight excluding hydrogens is 423 g/mol. The molecule has 0 fully saturated rings. The first-order chi connectivity index (χ1) is 13.1. The van der Waals surface area contributed by atoms with Crippen molar-refractivity contribution in [2.24, 2.45) is 0 Å². The Kier molecular flexibility index (Phi) is 5.81. The monoisotopic (exact) mass is 444 g/mol. The molecule has 140 valence electrons. The van der Waals surface area contributed by atoms with Crippen molar-refractivity contribution >= 4 is 42.7 Å². The molecule has 0 spiro atoms. The summed E-state index contributed by atoms with van der Waals surface area (Å²) in [5, 5.41) is -0.546. The van der Waals surface area contributed by atoms with E-state index in [0.29, 0.717) is 0 Å². The summed E-state index contributed by atoms with van der Waals surface area (Å²) in [6.45, 7) is 0. The minimum atomic E-state index is -3.54. The van der Waals surface area contributed by atoms with Gasteiger partial charge in [-0.1, -0.05) is 0 Å². The number of methoxy groups -OCH3 is 2. The standard InChI is InChI=1S/C22H22BrO3P/c1-25-21(24)22(26-2)27(23,18-12-6-3-7-13-18,19-14-8-4-9-15-19)20-16-10-5-11-17-20/h3-17,22H,1-2H3. The van der Waals surface area contributed by atoms with Crippen molar-refractivity contribution in [2.75, 3.05) is 14.2 Å². The summed E-state index contributed by atoms with van der Waals surface area (Å²) in [6.07, 6.45) is 0. The van der Waals surface area contributed by atoms with E-state index in [1.54, 1.807) is 7.11 Å². The molecule has 0 saturated carbocycles. The van der Waals surface area contributed by atoms with E-state index in [1.165, 1.54) is 7.11 Å². The molecule has 0 aliphatic heterocycles. The van der Waals surface area contributed by atoms with E-state index in [4.69, 9.17) is 9.47 Å². The van der Waals surface area contributed by atoms with E-state index in [2.05, 4.69) is 15.5 Å². The molecule has 5 heteroatoms. The van der Waals surface area contributed by atoms with Crippen LogP contribution in [0.5, 0.6) is 0 Å². The van der Waals surface area contributed by atoms with E-state index in [1.807, 2.05) is 91.0 Å². The Morgan fingerprint density at radius 1 is 0.741 bits per heavy atom. The second kappa shape index (κ2) is 7.93. The van der Waals surface area contributed by atoms with Crippen LogP contribution in [0.15, 0.2) is 91.0 Å². The number of carbonyl (C=O) groups is 1. The molecule has 3 rings (SSSR count). The fraction of sp³-hybridized carbons (Fsp3) is 0.136. The van der Waals surface area contributed by atoms with Gasteiger partial charge >= 0.3 is 168 Å². The molecule has 0 aliphatic rings. The number of hydrogen-bond donors (Lipinski definition) is 0. The van der Waals surface area contributed by atoms with Crippen molar-refractivity contribution in [1.82, 2.24) is 0 Å². The number of benzene rings is 3. The molecule has 0 amide bonds. The van der Waals surface area contributed by atoms with E-state index in [0.717, 1.165) is 15.9 Å². The van der Waals surface area contributed by atoms with Crippen LogP contribution < -0.4 is 15.9 Å². The van der Waals surface area contributed by atoms with Crippen LogP contribution in [0.1, 0.15) is 0 Å². The van der Waals surface area contributed by atoms with Gasteiger partial charge in [0.05, 0.1) is 0 Å². The van der Waals surface area contributed by atoms with Crippen LogP contribution in [0, 0.1) is 0 Å². The van der Waals surface area contributed by atoms with Crippen LogP contribution >= 0.6 is 20.8 Å². The zero-order valence-electron chi connectivity index (χ0n) is 15.3. The van der Waals surface area contributed by atoms with Gasteiger partial charge < -0.3 is 0 Å². The average molecular weight is 445 g/mol. The Balaban J connectivity index is 2.52. The predicted molar refractivity (Wildman–Crippen MR) is 117 cm³/mol. The second-order valence-electron chi connectivity index (χ2n) is 6.19. The van der Waals surface area contributed by atoms with Crippen molar-refractivity contribution < 1.29 is 14.3 Å². The number of esters is 1. The fourth-order valence-electron chi connectivity index (χ4n) is 3.60. The summed E-state index contributed by atoms with van der Waals surface area (Å²) in [7, 11) is 2.95. The van der Waals surface area contributed by atoms with Gasteiger partial charge in [-0.2, -0.15) is 0 Å². The van der Waals surface area contributed by atoms with Gasteiger partial charge in [-0.25, -0.2) is 0 Å². The van der Waals surface area contributed by atoms with Gasteiger partial charge in [0, 0.05) is 0 Å². The van der Waals surface area contributed by atoms with Crippen LogP contribution in [0.25, 0.3) is 0 Å². The maximum atomic E-state index is 13.0. The van der Waals surface area contributed by atoms with Crippen LogP contribution in [-0.2, 0) is 14.3 Å². The Morgan fingerprint density at radius 3 is 1.33 bits per heavy atom. The van der Waals surface area contributed by atoms with Crippen molar-refractivity contribution in [2.45, 2.75) is 5.85 Å². The quantitative estimate of drug-likeness (QED) is 0.426. The molecule has 0 bridgehead atoms. The minimum absolute atomic E-state index is 0.413. The Morgan fingerprint density at radius 2 is 1.07 bits per heavy atom. The van der Waals surface area contributed by atoms with Crippen molar-refractivity contribution in [3.63, 3.8) is 0 Å². The first-order valence-electron chi connectivity index (χ1n) is 8.58. The van der Waals surface area contributed by atoms with Gasteiger partial charge in [-0.05, 0) is 0 Å². The Labute approximate surface area is 168 Å². The molecule has 3 aromatic carbocycles. The van der Waals surface area contributed by atoms with Gasteiger partial charge in [0.2, 0.25) is 0 Å². The van der Waals surface area contributed by atoms with Gasteiger partial charge in [-0.15, -0.1) is 0 Å². The van der Waals surface area contributed by atoms with Crippen LogP contribution in [0.4, 0.5) is 0 Å². The molecule has 0 radical (unpaired) electrons. The van der Waals surface area contributed by atoms with E-state index < -0.39 is 17.1 Å². The summed E-state index contributed by atoms with van der Waals surface area (Å²) >= 11 is 4.19. The summed E-state index contributed by atoms with van der Waals surface area (Å²) in [4.78, 5) is 13.0. The molecule has 1 unspecified atom stereocenters. The second-order valence-corrected chi connectivity index (χ2v) is 14.8. The summed E-state index contributed by atoms with van der Waals surface area (Å²) in [6, 6.07) is 30.0. The van der Waals surface area contributed by atoms with Crippen LogP contribution in [-0.4, -0.2) is 26.0 Å². The number of carbonyl (C=O) groups excluding carboxylic acids is 1. The molecule has 1 atom stereocenters. The third-order valence-electron chi connectivity index (χ3n) is 4.85.